The maximum atomic E-state index is 14.0. The molecule has 43 heteroatoms. The van der Waals surface area contributed by atoms with Crippen LogP contribution in [0.5, 0.6) is 17.2 Å². The summed E-state index contributed by atoms with van der Waals surface area (Å²) in [6.07, 6.45) is 14.7. The number of anilines is 3. The Balaban J connectivity index is 0.000000160. The van der Waals surface area contributed by atoms with E-state index in [0.717, 1.165) is 38.5 Å². The highest BCUT2D eigenvalue weighted by Gasteiger charge is 2.39. The number of amides is 5. The van der Waals surface area contributed by atoms with Crippen molar-refractivity contribution in [3.8, 4) is 51.4 Å². The van der Waals surface area contributed by atoms with Crippen molar-refractivity contribution in [1.29, 1.82) is 0 Å². The molecule has 0 saturated carbocycles. The number of benzene rings is 3. The Kier molecular flexibility index (Phi) is 31.3. The van der Waals surface area contributed by atoms with Gasteiger partial charge in [0, 0.05) is 134 Å². The van der Waals surface area contributed by atoms with E-state index in [9.17, 15) is 57.3 Å². The number of carboxylic acid groups (broad SMARTS) is 1. The largest absolute Gasteiger partial charge is 0.497 e. The predicted octanol–water partition coefficient (Wildman–Crippen LogP) is 7.19. The van der Waals surface area contributed by atoms with Gasteiger partial charge in [-0.25, -0.2) is 62.8 Å². The average molecular weight is 1780 g/mol. The van der Waals surface area contributed by atoms with E-state index >= 15 is 0 Å². The third-order valence-corrected chi connectivity index (χ3v) is 22.2. The molecule has 11 N–H and O–H groups in total. The van der Waals surface area contributed by atoms with Crippen LogP contribution in [0.1, 0.15) is 126 Å². The van der Waals surface area contributed by atoms with Crippen molar-refractivity contribution < 1.29 is 90.8 Å². The third-order valence-electron chi connectivity index (χ3n) is 21.4. The van der Waals surface area contributed by atoms with Crippen LogP contribution in [0, 0.1) is 17.5 Å². The summed E-state index contributed by atoms with van der Waals surface area (Å²) in [6, 6.07) is 7.55. The van der Waals surface area contributed by atoms with Gasteiger partial charge in [-0.15, -0.1) is 0 Å². The molecule has 0 aliphatic carbocycles. The molecule has 0 spiro atoms. The van der Waals surface area contributed by atoms with Gasteiger partial charge in [-0.3, -0.25) is 24.0 Å². The fourth-order valence-electron chi connectivity index (χ4n) is 14.3. The molecule has 3 fully saturated rings. The van der Waals surface area contributed by atoms with Crippen molar-refractivity contribution in [2.24, 2.45) is 5.73 Å². The molecule has 1 unspecified atom stereocenters. The number of rotatable bonds is 26. The first-order valence-corrected chi connectivity index (χ1v) is 41.0. The number of halogens is 6. The Labute approximate surface area is 724 Å². The third kappa shape index (κ3) is 22.5. The van der Waals surface area contributed by atoms with Crippen LogP contribution in [-0.4, -0.2) is 266 Å². The zero-order valence-corrected chi connectivity index (χ0v) is 70.7. The molecule has 12 heterocycles. The van der Waals surface area contributed by atoms with Gasteiger partial charge in [-0.2, -0.15) is 0 Å². The van der Waals surface area contributed by atoms with E-state index in [4.69, 9.17) is 74.1 Å². The lowest BCUT2D eigenvalue weighted by Gasteiger charge is -2.32. The fraction of sp³-hybridized carbons (Fsp3) is 0.444. The van der Waals surface area contributed by atoms with Gasteiger partial charge in [0.2, 0.25) is 29.7 Å². The molecular weight excluding hydrogens is 1690 g/mol. The van der Waals surface area contributed by atoms with Crippen molar-refractivity contribution in [3.63, 3.8) is 0 Å². The maximum Gasteiger partial charge on any atom is 0.326 e. The zero-order chi connectivity index (χ0) is 88.6. The van der Waals surface area contributed by atoms with Crippen LogP contribution in [0.2, 0.25) is 15.1 Å². The molecule has 124 heavy (non-hydrogen) atoms. The molecule has 5 amide bonds. The summed E-state index contributed by atoms with van der Waals surface area (Å²) < 4.78 is 77.2. The number of ether oxygens (including phenoxy) is 6. The van der Waals surface area contributed by atoms with E-state index in [0.29, 0.717) is 155 Å². The fourth-order valence-corrected chi connectivity index (χ4v) is 14.8. The molecule has 9 aromatic rings. The zero-order valence-electron chi connectivity index (χ0n) is 68.4. The van der Waals surface area contributed by atoms with Crippen LogP contribution in [0.15, 0.2) is 91.8 Å². The lowest BCUT2D eigenvalue weighted by atomic mass is 10.1. The molecule has 6 atom stereocenters. The second kappa shape index (κ2) is 42.3. The molecule has 15 rings (SSSR count). The number of aliphatic hydroxyl groups excluding tert-OH is 3. The van der Waals surface area contributed by atoms with Gasteiger partial charge >= 0.3 is 5.97 Å². The maximum absolute atomic E-state index is 14.0. The highest BCUT2D eigenvalue weighted by Crippen LogP contribution is 2.34. The minimum absolute atomic E-state index is 0.146. The number of nitrogens with one attached hydrogen (secondary N) is 5. The van der Waals surface area contributed by atoms with Gasteiger partial charge in [0.25, 0.3) is 17.7 Å². The summed E-state index contributed by atoms with van der Waals surface area (Å²) >= 11 is 19.1. The van der Waals surface area contributed by atoms with Crippen LogP contribution in [0.4, 0.5) is 31.0 Å². The first-order chi connectivity index (χ1) is 59.6. The minimum atomic E-state index is -1.05. The van der Waals surface area contributed by atoms with E-state index in [-0.39, 0.29) is 66.8 Å². The number of fused-ring (bicyclic) bond motifs is 3. The van der Waals surface area contributed by atoms with Gasteiger partial charge in [0.15, 0.2) is 17.5 Å². The molecule has 6 aliphatic rings. The topological polar surface area (TPSA) is 465 Å². The van der Waals surface area contributed by atoms with Crippen LogP contribution in [0.25, 0.3) is 34.2 Å². The first-order valence-electron chi connectivity index (χ1n) is 39.9. The van der Waals surface area contributed by atoms with E-state index in [1.807, 2.05) is 0 Å². The van der Waals surface area contributed by atoms with Crippen molar-refractivity contribution in [2.75, 3.05) is 116 Å². The Morgan fingerprint density at radius 2 is 0.758 bits per heavy atom. The second-order valence-corrected chi connectivity index (χ2v) is 30.8. The van der Waals surface area contributed by atoms with Crippen molar-refractivity contribution >= 4 is 88.2 Å². The van der Waals surface area contributed by atoms with Crippen LogP contribution in [0.3, 0.4) is 0 Å². The SMILES string of the molecule is CC(C(=O)O)N1CCn2cc(-c3nc(NC4CCOCC4)ncc3Cl)nc2C1=O.COc1cc(F)cc([C@@H](CO)NC(=O)[C@@H](C)N2CCn3cc(-c4nc(NC5CCOCC5)ncc4Cl)nc3C2=O)c1.COc1cc(F)cc([C@@H](CO)NC(=O)[C@H](C)N2CCn3cc(-c4nc(NC5CCOCC5)ncc4Cl)nc3C2=O)c1.COc1cc(F)cc([C@H](N)CO)c1. The van der Waals surface area contributed by atoms with E-state index in [2.05, 4.69) is 71.4 Å². The summed E-state index contributed by atoms with van der Waals surface area (Å²) in [6.45, 7) is 9.58. The molecule has 662 valence electrons. The quantitative estimate of drug-likeness (QED) is 0.0256. The van der Waals surface area contributed by atoms with Gasteiger partial charge in [-0.1, -0.05) is 34.8 Å². The first kappa shape index (κ1) is 91.7. The Morgan fingerprint density at radius 1 is 0.460 bits per heavy atom. The minimum Gasteiger partial charge on any atom is -0.497 e. The number of methoxy groups -OCH3 is 3. The number of nitrogens with two attached hydrogens (primary N) is 1. The van der Waals surface area contributed by atoms with E-state index in [1.165, 1.54) is 110 Å². The molecule has 0 bridgehead atoms. The van der Waals surface area contributed by atoms with Crippen molar-refractivity contribution in [3.05, 3.63) is 158 Å². The smallest absolute Gasteiger partial charge is 0.326 e. The highest BCUT2D eigenvalue weighted by molar-refractivity contribution is 6.33. The monoisotopic (exact) mass is 1780 g/mol. The predicted molar refractivity (Wildman–Crippen MR) is 445 cm³/mol. The molecule has 3 saturated heterocycles. The van der Waals surface area contributed by atoms with E-state index < -0.39 is 102 Å². The highest BCUT2D eigenvalue weighted by atomic mass is 35.5. The number of carboxylic acids is 1. The Hall–Kier alpha value is -11.5. The number of hydrogen-bond acceptors (Lipinski definition) is 28. The van der Waals surface area contributed by atoms with Gasteiger partial charge in [-0.05, 0) is 112 Å². The molecular formula is C81H95Cl3F3N21O16. The van der Waals surface area contributed by atoms with E-state index in [1.54, 1.807) is 52.2 Å². The summed E-state index contributed by atoms with van der Waals surface area (Å²) in [7, 11) is 4.24. The van der Waals surface area contributed by atoms with Gasteiger partial charge in [0.05, 0.1) is 92.9 Å². The standard InChI is InChI=1S/2C27H31ClFN7O5.C18H21ClN6O4.C9H12FNO2/c2*1-15(25(38)33-22(14-37)16-9-17(29)11-19(10-16)40-2)36-6-5-35-13-21(32-24(35)26(36)39)23-20(28)12-30-27(34-23)31-18-3-7-41-8-4-18;1-10(17(27)28)25-5-4-24-9-13(22-15(24)16(25)26)14-12(19)8-20-18(23-14)21-11-2-6-29-7-3-11;1-13-8-3-6(9(11)5-12)2-7(10)4-8/h2*9-13,15,18,22,37H,3-8,14H2,1-2H3,(H,33,38)(H,30,31,34);8-11H,2-7H2,1H3,(H,27,28)(H,20,21,23);2-4,9,12H,5,11H2,1H3/t15-,22+;15-,22-;;9-/m01.1/s1. The number of carbonyl (C=O) groups is 6. The second-order valence-electron chi connectivity index (χ2n) is 29.6. The number of aliphatic carboxylic acids is 1. The summed E-state index contributed by atoms with van der Waals surface area (Å²) in [5, 5.41) is 54.0. The molecule has 37 nitrogen and oxygen atoms in total. The van der Waals surface area contributed by atoms with Crippen molar-refractivity contribution in [1.82, 2.24) is 83.9 Å². The normalized spacial score (nSPS) is 16.9. The summed E-state index contributed by atoms with van der Waals surface area (Å²) in [5.74, 6) is -2.29. The van der Waals surface area contributed by atoms with Gasteiger partial charge in [0.1, 0.15) is 87.0 Å². The lowest BCUT2D eigenvalue weighted by molar-refractivity contribution is -0.142. The summed E-state index contributed by atoms with van der Waals surface area (Å²) in [5.41, 5.74) is 9.18. The number of hydrogen-bond donors (Lipinski definition) is 10. The Morgan fingerprint density at radius 3 is 1.05 bits per heavy atom. The average Bonchev–Trinajstić information content (AvgIpc) is 1.64. The molecule has 0 radical (unpaired) electrons. The number of imidazole rings is 3. The number of aliphatic hydroxyl groups is 3. The van der Waals surface area contributed by atoms with Crippen LogP contribution >= 0.6 is 34.8 Å². The summed E-state index contributed by atoms with van der Waals surface area (Å²) in [4.78, 5) is 121. The van der Waals surface area contributed by atoms with Crippen molar-refractivity contribution in [2.45, 2.75) is 133 Å². The van der Waals surface area contributed by atoms with Crippen LogP contribution in [-0.2, 0) is 48.2 Å². The number of carbonyl (C=O) groups excluding carboxylic acids is 5. The molecule has 6 aromatic heterocycles. The molecule has 6 aliphatic heterocycles. The number of aromatic nitrogens is 12. The Bertz CT molecular complexity index is 5080. The van der Waals surface area contributed by atoms with Gasteiger partial charge < -0.3 is 110 Å². The van der Waals surface area contributed by atoms with Crippen LogP contribution < -0.4 is 46.5 Å². The lowest BCUT2D eigenvalue weighted by Crippen LogP contribution is -2.52. The number of nitrogens with zero attached hydrogens (tertiary/aromatic N) is 15. The molecule has 3 aromatic carbocycles.